The number of hydrogen-bond acceptors (Lipinski definition) is 4. The number of rotatable bonds is 9. The van der Waals surface area contributed by atoms with E-state index in [9.17, 15) is 14.7 Å². The number of nitrogens with one attached hydrogen (secondary N) is 1. The third-order valence-electron chi connectivity index (χ3n) is 4.87. The fourth-order valence-electron chi connectivity index (χ4n) is 3.10. The van der Waals surface area contributed by atoms with Gasteiger partial charge in [0.15, 0.2) is 0 Å². The molecule has 0 aliphatic carbocycles. The molecule has 0 bridgehead atoms. The van der Waals surface area contributed by atoms with E-state index in [1.807, 2.05) is 36.4 Å². The number of carbonyl (C=O) groups excluding carboxylic acids is 1. The van der Waals surface area contributed by atoms with Crippen molar-refractivity contribution in [3.8, 4) is 11.5 Å². The SMILES string of the molecule is COc1ccccc1CC(CNC(=O)C(C)(C)c1ccccc1OC)C(=O)O. The second-order valence-corrected chi connectivity index (χ2v) is 7.09. The predicted molar refractivity (Wildman–Crippen MR) is 107 cm³/mol. The third-order valence-corrected chi connectivity index (χ3v) is 4.87. The molecule has 2 N–H and O–H groups in total. The lowest BCUT2D eigenvalue weighted by Crippen LogP contribution is -2.43. The van der Waals surface area contributed by atoms with Gasteiger partial charge in [0.25, 0.3) is 0 Å². The van der Waals surface area contributed by atoms with Crippen LogP contribution in [0.15, 0.2) is 48.5 Å². The molecule has 0 radical (unpaired) electrons. The highest BCUT2D eigenvalue weighted by molar-refractivity contribution is 5.88. The lowest BCUT2D eigenvalue weighted by atomic mass is 9.83. The van der Waals surface area contributed by atoms with Gasteiger partial charge in [-0.3, -0.25) is 9.59 Å². The molecular formula is C22H27NO5. The van der Waals surface area contributed by atoms with Crippen LogP contribution in [0.25, 0.3) is 0 Å². The molecule has 2 aromatic rings. The summed E-state index contributed by atoms with van der Waals surface area (Å²) >= 11 is 0. The van der Waals surface area contributed by atoms with E-state index >= 15 is 0 Å². The third kappa shape index (κ3) is 4.82. The quantitative estimate of drug-likeness (QED) is 0.693. The molecule has 0 heterocycles. The minimum atomic E-state index is -0.971. The number of aliphatic carboxylic acids is 1. The molecule has 28 heavy (non-hydrogen) atoms. The maximum atomic E-state index is 12.9. The number of benzene rings is 2. The smallest absolute Gasteiger partial charge is 0.308 e. The Morgan fingerprint density at radius 1 is 1.00 bits per heavy atom. The predicted octanol–water partition coefficient (Wildman–Crippen LogP) is 3.04. The van der Waals surface area contributed by atoms with Gasteiger partial charge in [-0.1, -0.05) is 36.4 Å². The van der Waals surface area contributed by atoms with E-state index in [4.69, 9.17) is 9.47 Å². The summed E-state index contributed by atoms with van der Waals surface area (Å²) < 4.78 is 10.7. The molecule has 2 rings (SSSR count). The molecule has 0 aliphatic rings. The Balaban J connectivity index is 2.12. The molecule has 0 aromatic heterocycles. The van der Waals surface area contributed by atoms with Gasteiger partial charge in [0.05, 0.1) is 25.6 Å². The van der Waals surface area contributed by atoms with E-state index < -0.39 is 17.3 Å². The highest BCUT2D eigenvalue weighted by atomic mass is 16.5. The van der Waals surface area contributed by atoms with Gasteiger partial charge in [-0.2, -0.15) is 0 Å². The molecule has 150 valence electrons. The number of carbonyl (C=O) groups is 2. The standard InChI is InChI=1S/C22H27NO5/c1-22(2,17-10-6-8-12-19(17)28-4)21(26)23-14-16(20(24)25)13-15-9-5-7-11-18(15)27-3/h5-12,16H,13-14H2,1-4H3,(H,23,26)(H,24,25). The van der Waals surface area contributed by atoms with Crippen LogP contribution in [0.1, 0.15) is 25.0 Å². The van der Waals surface area contributed by atoms with Gasteiger partial charge >= 0.3 is 5.97 Å². The maximum absolute atomic E-state index is 12.9. The van der Waals surface area contributed by atoms with Gasteiger partial charge in [0.1, 0.15) is 11.5 Å². The van der Waals surface area contributed by atoms with E-state index in [1.165, 1.54) is 0 Å². The normalized spacial score (nSPS) is 12.1. The largest absolute Gasteiger partial charge is 0.496 e. The number of carboxylic acids is 1. The lowest BCUT2D eigenvalue weighted by Gasteiger charge is -2.27. The summed E-state index contributed by atoms with van der Waals surface area (Å²) in [7, 11) is 3.10. The van der Waals surface area contributed by atoms with Crippen molar-refractivity contribution in [1.29, 1.82) is 0 Å². The second kappa shape index (κ2) is 9.26. The molecule has 2 aromatic carbocycles. The second-order valence-electron chi connectivity index (χ2n) is 7.09. The molecule has 6 nitrogen and oxygen atoms in total. The van der Waals surface area contributed by atoms with Crippen LogP contribution in [0.2, 0.25) is 0 Å². The zero-order valence-electron chi connectivity index (χ0n) is 16.7. The molecule has 1 atom stereocenters. The minimum Gasteiger partial charge on any atom is -0.496 e. The molecule has 6 heteroatoms. The van der Waals surface area contributed by atoms with Gasteiger partial charge in [0.2, 0.25) is 5.91 Å². The summed E-state index contributed by atoms with van der Waals surface area (Å²) in [4.78, 5) is 24.6. The van der Waals surface area contributed by atoms with Gasteiger partial charge in [-0.25, -0.2) is 0 Å². The van der Waals surface area contributed by atoms with Crippen LogP contribution in [-0.4, -0.2) is 37.7 Å². The average Bonchev–Trinajstić information content (AvgIpc) is 2.70. The zero-order valence-corrected chi connectivity index (χ0v) is 16.7. The van der Waals surface area contributed by atoms with Crippen LogP contribution in [0.3, 0.4) is 0 Å². The average molecular weight is 385 g/mol. The molecular weight excluding hydrogens is 358 g/mol. The van der Waals surface area contributed by atoms with Gasteiger partial charge in [-0.05, 0) is 38.0 Å². The molecule has 1 unspecified atom stereocenters. The molecule has 0 spiro atoms. The van der Waals surface area contributed by atoms with Crippen molar-refractivity contribution >= 4 is 11.9 Å². The number of ether oxygens (including phenoxy) is 2. The van der Waals surface area contributed by atoms with Crippen molar-refractivity contribution in [2.75, 3.05) is 20.8 Å². The summed E-state index contributed by atoms with van der Waals surface area (Å²) in [6.45, 7) is 3.59. The Kier molecular flexibility index (Phi) is 7.04. The topological polar surface area (TPSA) is 84.9 Å². The van der Waals surface area contributed by atoms with Crippen molar-refractivity contribution < 1.29 is 24.2 Å². The Labute approximate surface area is 165 Å². The molecule has 0 saturated heterocycles. The van der Waals surface area contributed by atoms with Crippen molar-refractivity contribution in [3.05, 3.63) is 59.7 Å². The van der Waals surface area contributed by atoms with Gasteiger partial charge in [0, 0.05) is 12.1 Å². The van der Waals surface area contributed by atoms with Gasteiger partial charge < -0.3 is 19.9 Å². The molecule has 0 aliphatic heterocycles. The summed E-state index contributed by atoms with van der Waals surface area (Å²) in [5.74, 6) is -0.751. The van der Waals surface area contributed by atoms with Crippen molar-refractivity contribution in [3.63, 3.8) is 0 Å². The summed E-state index contributed by atoms with van der Waals surface area (Å²) in [5.41, 5.74) is 0.655. The van der Waals surface area contributed by atoms with E-state index in [0.717, 1.165) is 11.1 Å². The zero-order chi connectivity index (χ0) is 20.7. The van der Waals surface area contributed by atoms with E-state index in [1.54, 1.807) is 40.2 Å². The van der Waals surface area contributed by atoms with E-state index in [-0.39, 0.29) is 18.9 Å². The van der Waals surface area contributed by atoms with Gasteiger partial charge in [-0.15, -0.1) is 0 Å². The Morgan fingerprint density at radius 3 is 2.18 bits per heavy atom. The van der Waals surface area contributed by atoms with Crippen LogP contribution in [0.4, 0.5) is 0 Å². The first-order valence-electron chi connectivity index (χ1n) is 9.07. The Morgan fingerprint density at radius 2 is 1.57 bits per heavy atom. The Hall–Kier alpha value is -3.02. The number of amides is 1. The number of hydrogen-bond donors (Lipinski definition) is 2. The van der Waals surface area contributed by atoms with Crippen molar-refractivity contribution in [1.82, 2.24) is 5.32 Å². The van der Waals surface area contributed by atoms with Crippen LogP contribution >= 0.6 is 0 Å². The number of carboxylic acid groups (broad SMARTS) is 1. The first-order valence-corrected chi connectivity index (χ1v) is 9.07. The van der Waals surface area contributed by atoms with E-state index in [2.05, 4.69) is 5.32 Å². The fourth-order valence-corrected chi connectivity index (χ4v) is 3.10. The summed E-state index contributed by atoms with van der Waals surface area (Å²) in [5, 5.41) is 12.4. The highest BCUT2D eigenvalue weighted by Crippen LogP contribution is 2.31. The van der Waals surface area contributed by atoms with Crippen molar-refractivity contribution in [2.45, 2.75) is 25.7 Å². The summed E-state index contributed by atoms with van der Waals surface area (Å²) in [6.07, 6.45) is 0.259. The summed E-state index contributed by atoms with van der Waals surface area (Å²) in [6, 6.07) is 14.6. The monoisotopic (exact) mass is 385 g/mol. The number of para-hydroxylation sites is 2. The van der Waals surface area contributed by atoms with E-state index in [0.29, 0.717) is 11.5 Å². The molecule has 0 saturated carbocycles. The van der Waals surface area contributed by atoms with Crippen LogP contribution in [0, 0.1) is 5.92 Å². The van der Waals surface area contributed by atoms with Crippen LogP contribution in [0.5, 0.6) is 11.5 Å². The molecule has 0 fully saturated rings. The fraction of sp³-hybridized carbons (Fsp3) is 0.364. The highest BCUT2D eigenvalue weighted by Gasteiger charge is 2.33. The maximum Gasteiger partial charge on any atom is 0.308 e. The molecule has 1 amide bonds. The van der Waals surface area contributed by atoms with Crippen molar-refractivity contribution in [2.24, 2.45) is 5.92 Å². The minimum absolute atomic E-state index is 0.0186. The first kappa shape index (κ1) is 21.3. The first-order chi connectivity index (χ1) is 13.3. The van der Waals surface area contributed by atoms with Crippen LogP contribution < -0.4 is 14.8 Å². The van der Waals surface area contributed by atoms with Crippen LogP contribution in [-0.2, 0) is 21.4 Å². The number of methoxy groups -OCH3 is 2. The Bertz CT molecular complexity index is 831. The lowest BCUT2D eigenvalue weighted by molar-refractivity contribution is -0.141.